The van der Waals surface area contributed by atoms with Gasteiger partial charge in [-0.3, -0.25) is 9.59 Å². The second-order valence-electron chi connectivity index (χ2n) is 5.86. The second-order valence-corrected chi connectivity index (χ2v) is 5.86. The van der Waals surface area contributed by atoms with E-state index in [9.17, 15) is 9.59 Å². The number of amides is 2. The number of ether oxygens (including phenoxy) is 1. The zero-order valence-electron chi connectivity index (χ0n) is 12.9. The number of morpholine rings is 1. The number of rotatable bonds is 6. The van der Waals surface area contributed by atoms with Crippen molar-refractivity contribution in [2.75, 3.05) is 39.4 Å². The van der Waals surface area contributed by atoms with Gasteiger partial charge in [0.25, 0.3) is 0 Å². The summed E-state index contributed by atoms with van der Waals surface area (Å²) in [6.07, 6.45) is 3.20. The van der Waals surface area contributed by atoms with Crippen LogP contribution in [0.15, 0.2) is 0 Å². The van der Waals surface area contributed by atoms with Gasteiger partial charge in [0.1, 0.15) is 6.04 Å². The lowest BCUT2D eigenvalue weighted by atomic mass is 10.0. The summed E-state index contributed by atoms with van der Waals surface area (Å²) >= 11 is 0. The molecule has 0 aromatic rings. The third-order valence-corrected chi connectivity index (χ3v) is 4.31. The highest BCUT2D eigenvalue weighted by Gasteiger charge is 2.26. The average molecular weight is 297 g/mol. The monoisotopic (exact) mass is 297 g/mol. The lowest BCUT2D eigenvalue weighted by Crippen LogP contribution is -2.51. The van der Waals surface area contributed by atoms with E-state index in [1.165, 1.54) is 0 Å². The van der Waals surface area contributed by atoms with Gasteiger partial charge in [-0.15, -0.1) is 0 Å². The molecule has 2 aliphatic heterocycles. The highest BCUT2D eigenvalue weighted by atomic mass is 16.5. The molecule has 0 aromatic heterocycles. The summed E-state index contributed by atoms with van der Waals surface area (Å²) in [6, 6.07) is -0.391. The molecule has 2 rings (SSSR count). The van der Waals surface area contributed by atoms with Gasteiger partial charge in [0.2, 0.25) is 11.8 Å². The molecule has 0 radical (unpaired) electrons. The lowest BCUT2D eigenvalue weighted by molar-refractivity contribution is -0.140. The van der Waals surface area contributed by atoms with Crippen LogP contribution in [0.5, 0.6) is 0 Å². The summed E-state index contributed by atoms with van der Waals surface area (Å²) in [5.41, 5.74) is 0. The number of hydrogen-bond donors (Lipinski definition) is 2. The minimum atomic E-state index is -0.391. The fourth-order valence-corrected chi connectivity index (χ4v) is 2.91. The van der Waals surface area contributed by atoms with Gasteiger partial charge in [-0.05, 0) is 38.3 Å². The molecule has 0 saturated carbocycles. The van der Waals surface area contributed by atoms with E-state index in [1.807, 2.05) is 6.92 Å². The zero-order chi connectivity index (χ0) is 15.1. The minimum absolute atomic E-state index is 0.00430. The first-order chi connectivity index (χ1) is 10.2. The molecule has 21 heavy (non-hydrogen) atoms. The Labute approximate surface area is 126 Å². The molecule has 2 aliphatic rings. The summed E-state index contributed by atoms with van der Waals surface area (Å²) < 4.78 is 5.25. The van der Waals surface area contributed by atoms with E-state index in [0.717, 1.165) is 25.9 Å². The summed E-state index contributed by atoms with van der Waals surface area (Å²) in [5.74, 6) is 0.623. The molecule has 6 nitrogen and oxygen atoms in total. The van der Waals surface area contributed by atoms with Crippen LogP contribution in [0.25, 0.3) is 0 Å². The van der Waals surface area contributed by atoms with Crippen LogP contribution in [0.2, 0.25) is 0 Å². The zero-order valence-corrected chi connectivity index (χ0v) is 12.9. The van der Waals surface area contributed by atoms with Crippen molar-refractivity contribution in [2.24, 2.45) is 5.92 Å². The Balaban J connectivity index is 1.74. The van der Waals surface area contributed by atoms with Gasteiger partial charge in [0.15, 0.2) is 0 Å². The van der Waals surface area contributed by atoms with Crippen LogP contribution in [-0.4, -0.2) is 62.1 Å². The summed E-state index contributed by atoms with van der Waals surface area (Å²) in [7, 11) is 0. The third kappa shape index (κ3) is 4.97. The normalized spacial score (nSPS) is 23.9. The molecule has 2 amide bonds. The van der Waals surface area contributed by atoms with E-state index in [0.29, 0.717) is 45.1 Å². The van der Waals surface area contributed by atoms with Crippen LogP contribution in [-0.2, 0) is 14.3 Å². The maximum Gasteiger partial charge on any atom is 0.245 e. The summed E-state index contributed by atoms with van der Waals surface area (Å²) in [4.78, 5) is 26.2. The van der Waals surface area contributed by atoms with Crippen molar-refractivity contribution < 1.29 is 14.3 Å². The van der Waals surface area contributed by atoms with E-state index in [2.05, 4.69) is 10.6 Å². The Morgan fingerprint density at radius 3 is 2.76 bits per heavy atom. The highest BCUT2D eigenvalue weighted by molar-refractivity contribution is 5.87. The van der Waals surface area contributed by atoms with Crippen LogP contribution in [0, 0.1) is 5.92 Å². The number of nitrogens with zero attached hydrogens (tertiary/aromatic N) is 1. The molecular formula is C15H27N3O3. The molecule has 2 atom stereocenters. The molecular weight excluding hydrogens is 270 g/mol. The van der Waals surface area contributed by atoms with Crippen molar-refractivity contribution in [2.45, 2.75) is 38.6 Å². The van der Waals surface area contributed by atoms with Crippen molar-refractivity contribution >= 4 is 11.8 Å². The number of carbonyl (C=O) groups is 2. The van der Waals surface area contributed by atoms with Crippen LogP contribution >= 0.6 is 0 Å². The van der Waals surface area contributed by atoms with Crippen LogP contribution in [0.3, 0.4) is 0 Å². The number of nitrogens with one attached hydrogen (secondary N) is 2. The van der Waals surface area contributed by atoms with Gasteiger partial charge >= 0.3 is 0 Å². The van der Waals surface area contributed by atoms with Crippen molar-refractivity contribution in [3.63, 3.8) is 0 Å². The predicted molar refractivity (Wildman–Crippen MR) is 79.8 cm³/mol. The fraction of sp³-hybridized carbons (Fsp3) is 0.867. The van der Waals surface area contributed by atoms with Crippen molar-refractivity contribution in [1.82, 2.24) is 15.5 Å². The molecule has 2 saturated heterocycles. The fourth-order valence-electron chi connectivity index (χ4n) is 2.91. The molecule has 2 fully saturated rings. The Morgan fingerprint density at radius 1 is 1.38 bits per heavy atom. The smallest absolute Gasteiger partial charge is 0.245 e. The largest absolute Gasteiger partial charge is 0.378 e. The van der Waals surface area contributed by atoms with Crippen molar-refractivity contribution in [3.8, 4) is 0 Å². The molecule has 2 unspecified atom stereocenters. The van der Waals surface area contributed by atoms with Gasteiger partial charge < -0.3 is 20.3 Å². The summed E-state index contributed by atoms with van der Waals surface area (Å²) in [5, 5.41) is 6.20. The van der Waals surface area contributed by atoms with E-state index in [1.54, 1.807) is 4.90 Å². The molecule has 2 heterocycles. The van der Waals surface area contributed by atoms with Gasteiger partial charge in [0, 0.05) is 19.5 Å². The second kappa shape index (κ2) is 8.34. The Morgan fingerprint density at radius 2 is 2.14 bits per heavy atom. The molecule has 2 N–H and O–H groups in total. The first-order valence-electron chi connectivity index (χ1n) is 8.07. The van der Waals surface area contributed by atoms with Crippen molar-refractivity contribution in [3.05, 3.63) is 0 Å². The highest BCUT2D eigenvalue weighted by Crippen LogP contribution is 2.14. The van der Waals surface area contributed by atoms with Crippen LogP contribution in [0.4, 0.5) is 0 Å². The quantitative estimate of drug-likeness (QED) is 0.731. The first kappa shape index (κ1) is 16.2. The predicted octanol–water partition coefficient (Wildman–Crippen LogP) is 0.130. The van der Waals surface area contributed by atoms with E-state index < -0.39 is 6.04 Å². The topological polar surface area (TPSA) is 70.7 Å². The van der Waals surface area contributed by atoms with Crippen LogP contribution < -0.4 is 10.6 Å². The minimum Gasteiger partial charge on any atom is -0.378 e. The molecule has 6 heteroatoms. The number of hydrogen-bond acceptors (Lipinski definition) is 4. The van der Waals surface area contributed by atoms with Gasteiger partial charge in [-0.25, -0.2) is 0 Å². The number of carbonyl (C=O) groups excluding carboxylic acids is 2. The Kier molecular flexibility index (Phi) is 6.45. The van der Waals surface area contributed by atoms with Gasteiger partial charge in [-0.1, -0.05) is 6.92 Å². The van der Waals surface area contributed by atoms with Crippen LogP contribution in [0.1, 0.15) is 32.6 Å². The molecule has 0 aliphatic carbocycles. The van der Waals surface area contributed by atoms with Gasteiger partial charge in [0.05, 0.1) is 13.2 Å². The molecule has 0 aromatic carbocycles. The summed E-state index contributed by atoms with van der Waals surface area (Å²) in [6.45, 7) is 6.42. The van der Waals surface area contributed by atoms with E-state index >= 15 is 0 Å². The average Bonchev–Trinajstić information content (AvgIpc) is 3.04. The maximum absolute atomic E-state index is 12.4. The van der Waals surface area contributed by atoms with E-state index in [-0.39, 0.29) is 11.8 Å². The SMILES string of the molecule is CCC(NC(=O)CCC1CCNC1)C(=O)N1CCOCC1. The first-order valence-corrected chi connectivity index (χ1v) is 8.07. The maximum atomic E-state index is 12.4. The Hall–Kier alpha value is -1.14. The molecule has 120 valence electrons. The van der Waals surface area contributed by atoms with Gasteiger partial charge in [-0.2, -0.15) is 0 Å². The Bertz CT molecular complexity index is 350. The standard InChI is InChI=1S/C15H27N3O3/c1-2-13(15(20)18-7-9-21-10-8-18)17-14(19)4-3-12-5-6-16-11-12/h12-13,16H,2-11H2,1H3,(H,17,19). The third-order valence-electron chi connectivity index (χ3n) is 4.31. The van der Waals surface area contributed by atoms with E-state index in [4.69, 9.17) is 4.74 Å². The molecule has 0 spiro atoms. The van der Waals surface area contributed by atoms with Crippen molar-refractivity contribution in [1.29, 1.82) is 0 Å². The molecule has 0 bridgehead atoms. The lowest BCUT2D eigenvalue weighted by Gasteiger charge is -2.30.